The lowest BCUT2D eigenvalue weighted by Crippen LogP contribution is -2.16. The third-order valence-corrected chi connectivity index (χ3v) is 5.03. The third kappa shape index (κ3) is 3.85. The molecule has 130 valence electrons. The molecule has 0 radical (unpaired) electrons. The van der Waals surface area contributed by atoms with Gasteiger partial charge >= 0.3 is 0 Å². The van der Waals surface area contributed by atoms with Gasteiger partial charge < -0.3 is 0 Å². The molecule has 0 saturated heterocycles. The largest absolute Gasteiger partial charge is 0.263 e. The molecule has 0 aliphatic carbocycles. The van der Waals surface area contributed by atoms with Gasteiger partial charge in [0.1, 0.15) is 12.1 Å². The van der Waals surface area contributed by atoms with Crippen molar-refractivity contribution in [2.75, 3.05) is 4.72 Å². The number of anilines is 1. The molecule has 25 heavy (non-hydrogen) atoms. The van der Waals surface area contributed by atoms with Crippen LogP contribution in [0.15, 0.2) is 60.0 Å². The molecule has 7 nitrogen and oxygen atoms in total. The summed E-state index contributed by atoms with van der Waals surface area (Å²) in [5.74, 6) is 0.654. The van der Waals surface area contributed by atoms with E-state index in [2.05, 4.69) is 40.6 Å². The van der Waals surface area contributed by atoms with Gasteiger partial charge in [-0.25, -0.2) is 23.1 Å². The zero-order chi connectivity index (χ0) is 18.1. The van der Waals surface area contributed by atoms with Crippen molar-refractivity contribution in [2.24, 2.45) is 0 Å². The van der Waals surface area contributed by atoms with Crippen LogP contribution in [0.4, 0.5) is 5.82 Å². The van der Waals surface area contributed by atoms with Crippen LogP contribution in [0.2, 0.25) is 0 Å². The predicted octanol–water partition coefficient (Wildman–Crippen LogP) is 2.76. The molecule has 8 heteroatoms. The van der Waals surface area contributed by atoms with E-state index < -0.39 is 10.0 Å². The molecule has 1 N–H and O–H groups in total. The van der Waals surface area contributed by atoms with Crippen molar-refractivity contribution in [1.82, 2.24) is 19.7 Å². The van der Waals surface area contributed by atoms with Crippen LogP contribution in [-0.2, 0) is 15.4 Å². The molecule has 1 aromatic carbocycles. The fourth-order valence-corrected chi connectivity index (χ4v) is 3.26. The standard InChI is InChI=1S/C17H19N5O2S/c1-17(2,3)13-5-7-14(8-6-13)25(23,24)21-15-11-16(19-12-18-15)22-10-4-9-20-22/h4-12H,1-3H3,(H,18,19,21). The molecule has 0 fully saturated rings. The van der Waals surface area contributed by atoms with E-state index in [0.717, 1.165) is 5.56 Å². The third-order valence-electron chi connectivity index (χ3n) is 3.66. The van der Waals surface area contributed by atoms with Crippen molar-refractivity contribution in [1.29, 1.82) is 0 Å². The Balaban J connectivity index is 1.86. The van der Waals surface area contributed by atoms with E-state index >= 15 is 0 Å². The molecule has 0 bridgehead atoms. The van der Waals surface area contributed by atoms with E-state index in [-0.39, 0.29) is 16.1 Å². The molecule has 3 aromatic rings. The fourth-order valence-electron chi connectivity index (χ4n) is 2.26. The minimum absolute atomic E-state index is 0.0406. The first-order valence-corrected chi connectivity index (χ1v) is 9.19. The number of nitrogens with zero attached hydrogens (tertiary/aromatic N) is 4. The first kappa shape index (κ1) is 17.1. The first-order chi connectivity index (χ1) is 11.8. The normalized spacial score (nSPS) is 12.1. The maximum Gasteiger partial charge on any atom is 0.263 e. The van der Waals surface area contributed by atoms with Gasteiger partial charge in [-0.05, 0) is 29.2 Å². The van der Waals surface area contributed by atoms with Crippen LogP contribution in [0.1, 0.15) is 26.3 Å². The molecule has 0 aliphatic heterocycles. The molecule has 0 amide bonds. The Morgan fingerprint density at radius 1 is 1.08 bits per heavy atom. The van der Waals surface area contributed by atoms with Crippen LogP contribution < -0.4 is 4.72 Å². The summed E-state index contributed by atoms with van der Waals surface area (Å²) in [7, 11) is -3.73. The van der Waals surface area contributed by atoms with Gasteiger partial charge in [-0.15, -0.1) is 0 Å². The van der Waals surface area contributed by atoms with E-state index in [9.17, 15) is 8.42 Å². The van der Waals surface area contributed by atoms with Crippen molar-refractivity contribution in [2.45, 2.75) is 31.1 Å². The average Bonchev–Trinajstić information content (AvgIpc) is 3.08. The van der Waals surface area contributed by atoms with Crippen molar-refractivity contribution in [3.8, 4) is 5.82 Å². The molecule has 0 unspecified atom stereocenters. The van der Waals surface area contributed by atoms with Crippen LogP contribution >= 0.6 is 0 Å². The number of rotatable bonds is 4. The molecule has 0 aliphatic rings. The Morgan fingerprint density at radius 2 is 1.80 bits per heavy atom. The minimum Gasteiger partial charge on any atom is -0.263 e. The molecular weight excluding hydrogens is 338 g/mol. The van der Waals surface area contributed by atoms with Gasteiger partial charge in [-0.3, -0.25) is 4.72 Å². The van der Waals surface area contributed by atoms with Gasteiger partial charge in [-0.2, -0.15) is 5.10 Å². The number of benzene rings is 1. The van der Waals surface area contributed by atoms with Crippen LogP contribution in [0.5, 0.6) is 0 Å². The Morgan fingerprint density at radius 3 is 2.40 bits per heavy atom. The molecule has 2 heterocycles. The zero-order valence-corrected chi connectivity index (χ0v) is 15.0. The maximum absolute atomic E-state index is 12.6. The van der Waals surface area contributed by atoms with Crippen LogP contribution in [0.25, 0.3) is 5.82 Å². The van der Waals surface area contributed by atoms with Crippen molar-refractivity contribution in [3.63, 3.8) is 0 Å². The second-order valence-electron chi connectivity index (χ2n) is 6.59. The van der Waals surface area contributed by atoms with Gasteiger partial charge in [-0.1, -0.05) is 32.9 Å². The molecule has 0 atom stereocenters. The lowest BCUT2D eigenvalue weighted by molar-refractivity contribution is 0.587. The minimum atomic E-state index is -3.73. The van der Waals surface area contributed by atoms with Crippen molar-refractivity contribution < 1.29 is 8.42 Å². The first-order valence-electron chi connectivity index (χ1n) is 7.71. The Bertz CT molecular complexity index is 959. The predicted molar refractivity (Wildman–Crippen MR) is 95.1 cm³/mol. The maximum atomic E-state index is 12.6. The van der Waals surface area contributed by atoms with Crippen LogP contribution in [0.3, 0.4) is 0 Å². The molecule has 0 spiro atoms. The summed E-state index contributed by atoms with van der Waals surface area (Å²) in [4.78, 5) is 8.23. The van der Waals surface area contributed by atoms with Crippen molar-refractivity contribution >= 4 is 15.8 Å². The van der Waals surface area contributed by atoms with Crippen molar-refractivity contribution in [3.05, 3.63) is 60.7 Å². The summed E-state index contributed by atoms with van der Waals surface area (Å²) < 4.78 is 29.1. The summed E-state index contributed by atoms with van der Waals surface area (Å²) in [6, 6.07) is 10.1. The van der Waals surface area contributed by atoms with Gasteiger partial charge in [0.05, 0.1) is 4.90 Å². The molecule has 3 rings (SSSR count). The van der Waals surface area contributed by atoms with Gasteiger partial charge in [0.2, 0.25) is 0 Å². The van der Waals surface area contributed by atoms with E-state index in [1.807, 2.05) is 12.1 Å². The van der Waals surface area contributed by atoms with Crippen LogP contribution in [-0.4, -0.2) is 28.2 Å². The smallest absolute Gasteiger partial charge is 0.263 e. The molecular formula is C17H19N5O2S. The summed E-state index contributed by atoms with van der Waals surface area (Å²) in [5.41, 5.74) is 1.02. The summed E-state index contributed by atoms with van der Waals surface area (Å²) >= 11 is 0. The number of nitrogens with one attached hydrogen (secondary N) is 1. The van der Waals surface area contributed by atoms with Crippen LogP contribution in [0, 0.1) is 0 Å². The highest BCUT2D eigenvalue weighted by atomic mass is 32.2. The van der Waals surface area contributed by atoms with E-state index in [1.54, 1.807) is 30.6 Å². The lowest BCUT2D eigenvalue weighted by Gasteiger charge is -2.19. The van der Waals surface area contributed by atoms with Gasteiger partial charge in [0.25, 0.3) is 10.0 Å². The lowest BCUT2D eigenvalue weighted by atomic mass is 9.87. The number of hydrogen-bond acceptors (Lipinski definition) is 5. The number of hydrogen-bond donors (Lipinski definition) is 1. The van der Waals surface area contributed by atoms with Gasteiger partial charge in [0, 0.05) is 18.5 Å². The fraction of sp³-hybridized carbons (Fsp3) is 0.235. The van der Waals surface area contributed by atoms with Gasteiger partial charge in [0.15, 0.2) is 5.82 Å². The topological polar surface area (TPSA) is 89.8 Å². The molecule has 0 saturated carbocycles. The second kappa shape index (κ2) is 6.29. The Labute approximate surface area is 146 Å². The Kier molecular flexibility index (Phi) is 4.30. The quantitative estimate of drug-likeness (QED) is 0.775. The highest BCUT2D eigenvalue weighted by molar-refractivity contribution is 7.92. The highest BCUT2D eigenvalue weighted by Crippen LogP contribution is 2.24. The van der Waals surface area contributed by atoms with E-state index in [1.165, 1.54) is 17.1 Å². The number of sulfonamides is 1. The monoisotopic (exact) mass is 357 g/mol. The summed E-state index contributed by atoms with van der Waals surface area (Å²) in [6.45, 7) is 6.23. The second-order valence-corrected chi connectivity index (χ2v) is 8.27. The average molecular weight is 357 g/mol. The highest BCUT2D eigenvalue weighted by Gasteiger charge is 2.18. The number of aromatic nitrogens is 4. The Hall–Kier alpha value is -2.74. The summed E-state index contributed by atoms with van der Waals surface area (Å²) in [6.07, 6.45) is 4.62. The van der Waals surface area contributed by atoms with E-state index in [4.69, 9.17) is 0 Å². The SMILES string of the molecule is CC(C)(C)c1ccc(S(=O)(=O)Nc2cc(-n3cccn3)ncn2)cc1. The van der Waals surface area contributed by atoms with E-state index in [0.29, 0.717) is 5.82 Å². The molecule has 2 aromatic heterocycles. The zero-order valence-electron chi connectivity index (χ0n) is 14.2. The summed E-state index contributed by atoms with van der Waals surface area (Å²) in [5, 5.41) is 4.06.